The summed E-state index contributed by atoms with van der Waals surface area (Å²) in [5.74, 6) is -0.938. The number of ether oxygens (including phenoxy) is 2. The third-order valence-corrected chi connectivity index (χ3v) is 6.43. The molecule has 2 aromatic carbocycles. The van der Waals surface area contributed by atoms with Crippen LogP contribution in [0.3, 0.4) is 0 Å². The van der Waals surface area contributed by atoms with Gasteiger partial charge in [-0.25, -0.2) is 14.2 Å². The Morgan fingerprint density at radius 3 is 2.81 bits per heavy atom. The summed E-state index contributed by atoms with van der Waals surface area (Å²) in [5.41, 5.74) is 1.54. The lowest BCUT2D eigenvalue weighted by molar-refractivity contribution is 0.0600. The second kappa shape index (κ2) is 8.37. The highest BCUT2D eigenvalue weighted by Crippen LogP contribution is 2.39. The number of hydrogen-bond donors (Lipinski definition) is 1. The highest BCUT2D eigenvalue weighted by Gasteiger charge is 2.23. The first-order valence-electron chi connectivity index (χ1n) is 8.98. The van der Waals surface area contributed by atoms with Crippen molar-refractivity contribution in [2.24, 2.45) is 0 Å². The molecule has 0 aliphatic carbocycles. The number of nitrogens with zero attached hydrogens (tertiary/aromatic N) is 2. The van der Waals surface area contributed by atoms with E-state index in [9.17, 15) is 14.3 Å². The Hall–Kier alpha value is -2.81. The van der Waals surface area contributed by atoms with E-state index in [4.69, 9.17) is 32.7 Å². The van der Waals surface area contributed by atoms with Gasteiger partial charge in [-0.15, -0.1) is 11.3 Å². The second-order valence-electron chi connectivity index (χ2n) is 6.58. The molecule has 0 aliphatic rings. The standard InChI is InChI=1S/C21H15Cl2FN2O4S/c1-10(11-4-3-5-16(27)19(11)23)30-17-8-18(31-20(17)21(28)29-2)26-9-25-14-7-13(24)12(22)6-15(14)26/h3-10,27H,1-2H3/t10-/m1/s1. The van der Waals surface area contributed by atoms with Crippen molar-refractivity contribution >= 4 is 51.5 Å². The van der Waals surface area contributed by atoms with Gasteiger partial charge in [-0.1, -0.05) is 35.3 Å². The van der Waals surface area contributed by atoms with E-state index in [0.717, 1.165) is 11.3 Å². The van der Waals surface area contributed by atoms with Crippen LogP contribution in [0.4, 0.5) is 4.39 Å². The third kappa shape index (κ3) is 3.94. The number of carbonyl (C=O) groups excluding carboxylic acids is 1. The molecule has 0 aliphatic heterocycles. The Kier molecular flexibility index (Phi) is 5.79. The summed E-state index contributed by atoms with van der Waals surface area (Å²) in [6.07, 6.45) is 0.931. The third-order valence-electron chi connectivity index (χ3n) is 4.63. The molecule has 10 heteroatoms. The van der Waals surface area contributed by atoms with Gasteiger partial charge in [0.25, 0.3) is 0 Å². The number of thiophene rings is 1. The largest absolute Gasteiger partial charge is 0.506 e. The average molecular weight is 481 g/mol. The number of benzene rings is 2. The van der Waals surface area contributed by atoms with Crippen molar-refractivity contribution in [2.75, 3.05) is 7.11 Å². The number of methoxy groups -OCH3 is 1. The van der Waals surface area contributed by atoms with Crippen molar-refractivity contribution in [3.8, 4) is 16.5 Å². The Labute approximate surface area is 190 Å². The fourth-order valence-electron chi connectivity index (χ4n) is 3.09. The number of halogens is 3. The average Bonchev–Trinajstić information content (AvgIpc) is 3.33. The molecule has 0 unspecified atom stereocenters. The number of carbonyl (C=O) groups is 1. The summed E-state index contributed by atoms with van der Waals surface area (Å²) in [5, 5.41) is 10.6. The van der Waals surface area contributed by atoms with Gasteiger partial charge in [0.1, 0.15) is 34.7 Å². The summed E-state index contributed by atoms with van der Waals surface area (Å²) in [6, 6.07) is 9.20. The molecular weight excluding hydrogens is 466 g/mol. The van der Waals surface area contributed by atoms with Gasteiger partial charge in [0.15, 0.2) is 4.88 Å². The number of aromatic nitrogens is 2. The van der Waals surface area contributed by atoms with Gasteiger partial charge in [-0.05, 0) is 19.1 Å². The van der Waals surface area contributed by atoms with Crippen LogP contribution >= 0.6 is 34.5 Å². The number of phenols is 1. The lowest BCUT2D eigenvalue weighted by Gasteiger charge is -2.16. The molecule has 0 fully saturated rings. The van der Waals surface area contributed by atoms with Crippen molar-refractivity contribution in [1.29, 1.82) is 0 Å². The summed E-state index contributed by atoms with van der Waals surface area (Å²) < 4.78 is 26.3. The lowest BCUT2D eigenvalue weighted by atomic mass is 10.1. The first kappa shape index (κ1) is 21.4. The van der Waals surface area contributed by atoms with Crippen molar-refractivity contribution in [3.63, 3.8) is 0 Å². The SMILES string of the molecule is COC(=O)c1sc(-n2cnc3cc(F)c(Cl)cc32)cc1O[C@H](C)c1cccc(O)c1Cl. The highest BCUT2D eigenvalue weighted by atomic mass is 35.5. The van der Waals surface area contributed by atoms with Crippen LogP contribution in [0, 0.1) is 5.82 Å². The van der Waals surface area contributed by atoms with E-state index < -0.39 is 17.9 Å². The number of fused-ring (bicyclic) bond motifs is 1. The molecule has 31 heavy (non-hydrogen) atoms. The summed E-state index contributed by atoms with van der Waals surface area (Å²) in [7, 11) is 1.27. The molecular formula is C21H15Cl2FN2O4S. The zero-order chi connectivity index (χ0) is 22.3. The molecule has 0 spiro atoms. The molecule has 0 radical (unpaired) electrons. The van der Waals surface area contributed by atoms with Gasteiger partial charge < -0.3 is 14.6 Å². The normalized spacial score (nSPS) is 12.2. The van der Waals surface area contributed by atoms with Crippen LogP contribution in [-0.2, 0) is 4.74 Å². The van der Waals surface area contributed by atoms with Gasteiger partial charge in [0.2, 0.25) is 0 Å². The first-order chi connectivity index (χ1) is 14.8. The number of aromatic hydroxyl groups is 1. The minimum Gasteiger partial charge on any atom is -0.506 e. The second-order valence-corrected chi connectivity index (χ2v) is 8.40. The van der Waals surface area contributed by atoms with E-state index in [0.29, 0.717) is 21.6 Å². The van der Waals surface area contributed by atoms with E-state index >= 15 is 0 Å². The van der Waals surface area contributed by atoms with E-state index in [1.807, 2.05) is 0 Å². The summed E-state index contributed by atoms with van der Waals surface area (Å²) in [4.78, 5) is 16.8. The molecule has 1 atom stereocenters. The molecule has 160 valence electrons. The molecule has 6 nitrogen and oxygen atoms in total. The molecule has 0 bridgehead atoms. The zero-order valence-electron chi connectivity index (χ0n) is 16.2. The first-order valence-corrected chi connectivity index (χ1v) is 10.6. The van der Waals surface area contributed by atoms with E-state index in [1.54, 1.807) is 29.7 Å². The van der Waals surface area contributed by atoms with Crippen LogP contribution in [-0.4, -0.2) is 27.7 Å². The summed E-state index contributed by atoms with van der Waals surface area (Å²) in [6.45, 7) is 1.74. The van der Waals surface area contributed by atoms with Crippen molar-refractivity contribution in [2.45, 2.75) is 13.0 Å². The van der Waals surface area contributed by atoms with Gasteiger partial charge >= 0.3 is 5.97 Å². The molecule has 4 rings (SSSR count). The maximum Gasteiger partial charge on any atom is 0.351 e. The Bertz CT molecular complexity index is 1300. The highest BCUT2D eigenvalue weighted by molar-refractivity contribution is 7.16. The molecule has 4 aromatic rings. The molecule has 0 saturated carbocycles. The quantitative estimate of drug-likeness (QED) is 0.346. The molecule has 1 N–H and O–H groups in total. The fourth-order valence-corrected chi connectivity index (χ4v) is 4.52. The zero-order valence-corrected chi connectivity index (χ0v) is 18.6. The minimum atomic E-state index is -0.575. The van der Waals surface area contributed by atoms with Gasteiger partial charge in [-0.3, -0.25) is 4.57 Å². The van der Waals surface area contributed by atoms with E-state index in [1.165, 1.54) is 31.6 Å². The van der Waals surface area contributed by atoms with Crippen LogP contribution in [0.1, 0.15) is 28.3 Å². The number of esters is 1. The van der Waals surface area contributed by atoms with E-state index in [2.05, 4.69) is 4.98 Å². The van der Waals surface area contributed by atoms with Crippen LogP contribution in [0.25, 0.3) is 16.0 Å². The topological polar surface area (TPSA) is 73.6 Å². The number of imidazole rings is 1. The minimum absolute atomic E-state index is 0.0392. The number of rotatable bonds is 5. The van der Waals surface area contributed by atoms with Gasteiger partial charge in [-0.2, -0.15) is 0 Å². The smallest absolute Gasteiger partial charge is 0.351 e. The Morgan fingerprint density at radius 1 is 1.29 bits per heavy atom. The molecule has 0 saturated heterocycles. The van der Waals surface area contributed by atoms with Crippen molar-refractivity contribution in [3.05, 3.63) is 69.0 Å². The predicted molar refractivity (Wildman–Crippen MR) is 117 cm³/mol. The van der Waals surface area contributed by atoms with Crippen LogP contribution in [0.15, 0.2) is 42.7 Å². The van der Waals surface area contributed by atoms with Crippen molar-refractivity contribution in [1.82, 2.24) is 9.55 Å². The maximum atomic E-state index is 13.8. The van der Waals surface area contributed by atoms with Crippen LogP contribution in [0.2, 0.25) is 10.0 Å². The maximum absolute atomic E-state index is 13.8. The van der Waals surface area contributed by atoms with Gasteiger partial charge in [0.05, 0.1) is 28.2 Å². The molecule has 0 amide bonds. The van der Waals surface area contributed by atoms with Crippen LogP contribution in [0.5, 0.6) is 11.5 Å². The molecule has 2 aromatic heterocycles. The number of phenolic OH excluding ortho intramolecular Hbond substituents is 1. The number of hydrogen-bond acceptors (Lipinski definition) is 6. The monoisotopic (exact) mass is 480 g/mol. The van der Waals surface area contributed by atoms with Crippen molar-refractivity contribution < 1.29 is 23.8 Å². The fraction of sp³-hybridized carbons (Fsp3) is 0.143. The summed E-state index contributed by atoms with van der Waals surface area (Å²) >= 11 is 13.2. The van der Waals surface area contributed by atoms with Crippen LogP contribution < -0.4 is 4.74 Å². The predicted octanol–water partition coefficient (Wildman–Crippen LogP) is 6.17. The Balaban J connectivity index is 1.77. The molecule has 2 heterocycles. The Morgan fingerprint density at radius 2 is 2.06 bits per heavy atom. The van der Waals surface area contributed by atoms with Gasteiger partial charge in [0, 0.05) is 17.7 Å². The lowest BCUT2D eigenvalue weighted by Crippen LogP contribution is -2.07. The van der Waals surface area contributed by atoms with E-state index in [-0.39, 0.29) is 26.4 Å².